The summed E-state index contributed by atoms with van der Waals surface area (Å²) in [6, 6.07) is -0.423. The zero-order valence-corrected chi connectivity index (χ0v) is 10.8. The maximum atomic E-state index is 12.2. The lowest BCUT2D eigenvalue weighted by molar-refractivity contribution is 0.236. The van der Waals surface area contributed by atoms with Crippen LogP contribution in [-0.2, 0) is 10.0 Å². The number of hydrogen-bond acceptors (Lipinski definition) is 5. The fourth-order valence-electron chi connectivity index (χ4n) is 1.47. The topological polar surface area (TPSA) is 123 Å². The molecule has 0 fully saturated rings. The van der Waals surface area contributed by atoms with Crippen molar-refractivity contribution < 1.29 is 13.5 Å². The number of rotatable bonds is 5. The van der Waals surface area contributed by atoms with Gasteiger partial charge in [0.1, 0.15) is 0 Å². The van der Waals surface area contributed by atoms with Crippen LogP contribution in [0.25, 0.3) is 0 Å². The molecular weight excluding hydrogens is 262 g/mol. The van der Waals surface area contributed by atoms with Crippen LogP contribution in [0.3, 0.4) is 0 Å². The fraction of sp³-hybridized carbons (Fsp3) is 0.556. The van der Waals surface area contributed by atoms with E-state index in [1.807, 2.05) is 4.98 Å². The van der Waals surface area contributed by atoms with Gasteiger partial charge < -0.3 is 10.1 Å². The predicted octanol–water partition coefficient (Wildman–Crippen LogP) is -1.55. The van der Waals surface area contributed by atoms with Crippen LogP contribution in [0.4, 0.5) is 0 Å². The van der Waals surface area contributed by atoms with Crippen molar-refractivity contribution in [1.29, 1.82) is 0 Å². The Labute approximate surface area is 103 Å². The van der Waals surface area contributed by atoms with Crippen LogP contribution in [0.2, 0.25) is 0 Å². The van der Waals surface area contributed by atoms with Crippen molar-refractivity contribution in [2.45, 2.75) is 24.8 Å². The Morgan fingerprint density at radius 2 is 2.00 bits per heavy atom. The molecule has 0 aromatic carbocycles. The minimum absolute atomic E-state index is 0.126. The van der Waals surface area contributed by atoms with Gasteiger partial charge in [0.05, 0.1) is 6.61 Å². The second-order valence-corrected chi connectivity index (χ2v) is 5.73. The molecule has 1 aromatic heterocycles. The van der Waals surface area contributed by atoms with Crippen molar-refractivity contribution >= 4 is 10.0 Å². The zero-order chi connectivity index (χ0) is 13.9. The third-order valence-electron chi connectivity index (χ3n) is 2.27. The van der Waals surface area contributed by atoms with E-state index in [4.69, 9.17) is 5.11 Å². The number of aliphatic hydroxyl groups is 1. The Hall–Kier alpha value is -1.45. The van der Waals surface area contributed by atoms with Gasteiger partial charge in [-0.25, -0.2) is 13.2 Å². The van der Waals surface area contributed by atoms with E-state index >= 15 is 0 Å². The van der Waals surface area contributed by atoms with Gasteiger partial charge in [-0.15, -0.1) is 0 Å². The highest BCUT2D eigenvalue weighted by Gasteiger charge is 2.29. The van der Waals surface area contributed by atoms with E-state index in [-0.39, 0.29) is 13.2 Å². The molecule has 0 aliphatic rings. The van der Waals surface area contributed by atoms with E-state index in [0.29, 0.717) is 0 Å². The Bertz CT molecular complexity index is 616. The minimum atomic E-state index is -4.05. The van der Waals surface area contributed by atoms with Gasteiger partial charge >= 0.3 is 5.69 Å². The van der Waals surface area contributed by atoms with E-state index in [0.717, 1.165) is 10.5 Å². The van der Waals surface area contributed by atoms with Crippen molar-refractivity contribution in [2.75, 3.05) is 13.2 Å². The molecular formula is C9H15N3O5S. The van der Waals surface area contributed by atoms with Crippen molar-refractivity contribution in [1.82, 2.24) is 14.3 Å². The highest BCUT2D eigenvalue weighted by atomic mass is 32.2. The van der Waals surface area contributed by atoms with Gasteiger partial charge in [0.15, 0.2) is 4.90 Å². The number of aliphatic hydroxyl groups excluding tert-OH is 1. The van der Waals surface area contributed by atoms with Gasteiger partial charge in [-0.2, -0.15) is 4.31 Å². The lowest BCUT2D eigenvalue weighted by Gasteiger charge is -2.24. The normalized spacial score (nSPS) is 12.3. The molecule has 0 atom stereocenters. The summed E-state index contributed by atoms with van der Waals surface area (Å²) < 4.78 is 25.3. The second-order valence-electron chi connectivity index (χ2n) is 3.87. The highest BCUT2D eigenvalue weighted by Crippen LogP contribution is 2.12. The Balaban J connectivity index is 3.35. The first-order chi connectivity index (χ1) is 8.30. The van der Waals surface area contributed by atoms with Gasteiger partial charge in [-0.05, 0) is 13.8 Å². The monoisotopic (exact) mass is 277 g/mol. The minimum Gasteiger partial charge on any atom is -0.395 e. The van der Waals surface area contributed by atoms with Crippen LogP contribution in [0.15, 0.2) is 20.7 Å². The maximum absolute atomic E-state index is 12.2. The quantitative estimate of drug-likeness (QED) is 0.601. The summed E-state index contributed by atoms with van der Waals surface area (Å²) in [5.74, 6) is 0. The number of nitrogens with zero attached hydrogens (tertiary/aromatic N) is 1. The van der Waals surface area contributed by atoms with Gasteiger partial charge in [0.2, 0.25) is 10.0 Å². The number of hydrogen-bond donors (Lipinski definition) is 3. The van der Waals surface area contributed by atoms with Crippen LogP contribution in [0.1, 0.15) is 13.8 Å². The van der Waals surface area contributed by atoms with Gasteiger partial charge in [-0.1, -0.05) is 0 Å². The van der Waals surface area contributed by atoms with E-state index in [9.17, 15) is 18.0 Å². The van der Waals surface area contributed by atoms with Crippen LogP contribution in [-0.4, -0.2) is 47.0 Å². The molecule has 0 saturated heterocycles. The van der Waals surface area contributed by atoms with Crippen LogP contribution >= 0.6 is 0 Å². The van der Waals surface area contributed by atoms with E-state index < -0.39 is 32.2 Å². The standard InChI is InChI=1S/C9H15N3O5S/c1-6(2)12(3-4-13)18(16,17)7-5-10-9(15)11-8(7)14/h5-6,13H,3-4H2,1-2H3,(H2,10,11,14,15). The number of aromatic amines is 2. The van der Waals surface area contributed by atoms with Gasteiger partial charge in [0.25, 0.3) is 5.56 Å². The molecule has 0 bridgehead atoms. The first kappa shape index (κ1) is 14.6. The number of aromatic nitrogens is 2. The Morgan fingerprint density at radius 3 is 2.44 bits per heavy atom. The molecule has 0 spiro atoms. The molecule has 0 amide bonds. The highest BCUT2D eigenvalue weighted by molar-refractivity contribution is 7.89. The number of sulfonamides is 1. The third-order valence-corrected chi connectivity index (χ3v) is 4.35. The molecule has 1 aromatic rings. The largest absolute Gasteiger partial charge is 0.395 e. The summed E-state index contributed by atoms with van der Waals surface area (Å²) in [5, 5.41) is 8.86. The summed E-state index contributed by atoms with van der Waals surface area (Å²) >= 11 is 0. The fourth-order valence-corrected chi connectivity index (χ4v) is 3.09. The van der Waals surface area contributed by atoms with Crippen molar-refractivity contribution in [3.63, 3.8) is 0 Å². The molecule has 18 heavy (non-hydrogen) atoms. The summed E-state index contributed by atoms with van der Waals surface area (Å²) in [4.78, 5) is 25.7. The molecule has 0 saturated carbocycles. The lowest BCUT2D eigenvalue weighted by atomic mass is 10.4. The first-order valence-corrected chi connectivity index (χ1v) is 6.69. The molecule has 0 aliphatic carbocycles. The molecule has 1 rings (SSSR count). The summed E-state index contributed by atoms with van der Waals surface area (Å²) in [7, 11) is -4.05. The second kappa shape index (κ2) is 5.46. The average molecular weight is 277 g/mol. The smallest absolute Gasteiger partial charge is 0.325 e. The molecule has 1 heterocycles. The lowest BCUT2D eigenvalue weighted by Crippen LogP contribution is -2.42. The van der Waals surface area contributed by atoms with Gasteiger partial charge in [-0.3, -0.25) is 9.78 Å². The average Bonchev–Trinajstić information content (AvgIpc) is 2.24. The molecule has 0 unspecified atom stereocenters. The van der Waals surface area contributed by atoms with Crippen molar-refractivity contribution in [3.05, 3.63) is 27.0 Å². The van der Waals surface area contributed by atoms with E-state index in [1.165, 1.54) is 0 Å². The molecule has 9 heteroatoms. The molecule has 8 nitrogen and oxygen atoms in total. The van der Waals surface area contributed by atoms with Crippen LogP contribution in [0.5, 0.6) is 0 Å². The van der Waals surface area contributed by atoms with Gasteiger partial charge in [0, 0.05) is 18.8 Å². The summed E-state index contributed by atoms with van der Waals surface area (Å²) in [6.45, 7) is 2.75. The number of nitrogens with one attached hydrogen (secondary N) is 2. The maximum Gasteiger partial charge on any atom is 0.325 e. The van der Waals surface area contributed by atoms with Crippen molar-refractivity contribution in [3.8, 4) is 0 Å². The van der Waals surface area contributed by atoms with Crippen molar-refractivity contribution in [2.24, 2.45) is 0 Å². The SMILES string of the molecule is CC(C)N(CCO)S(=O)(=O)c1c[nH]c(=O)[nH]c1=O. The van der Waals surface area contributed by atoms with E-state index in [2.05, 4.69) is 4.98 Å². The van der Waals surface area contributed by atoms with Crippen LogP contribution < -0.4 is 11.2 Å². The molecule has 102 valence electrons. The predicted molar refractivity (Wildman–Crippen MR) is 63.8 cm³/mol. The zero-order valence-electron chi connectivity index (χ0n) is 10.0. The first-order valence-electron chi connectivity index (χ1n) is 5.25. The Morgan fingerprint density at radius 1 is 1.39 bits per heavy atom. The molecule has 3 N–H and O–H groups in total. The summed E-state index contributed by atoms with van der Waals surface area (Å²) in [5.41, 5.74) is -1.76. The van der Waals surface area contributed by atoms with Crippen LogP contribution in [0, 0.1) is 0 Å². The Kier molecular flexibility index (Phi) is 4.43. The van der Waals surface area contributed by atoms with E-state index in [1.54, 1.807) is 13.8 Å². The summed E-state index contributed by atoms with van der Waals surface area (Å²) in [6.07, 6.45) is 0.850. The number of H-pyrrole nitrogens is 2. The molecule has 0 radical (unpaired) electrons. The molecule has 0 aliphatic heterocycles. The third kappa shape index (κ3) is 2.86.